The Balaban J connectivity index is 1.89. The van der Waals surface area contributed by atoms with E-state index in [0.29, 0.717) is 11.6 Å². The number of ether oxygens (including phenoxy) is 2. The average Bonchev–Trinajstić information content (AvgIpc) is 2.66. The Bertz CT molecular complexity index is 930. The van der Waals surface area contributed by atoms with Crippen LogP contribution in [-0.2, 0) is 0 Å². The van der Waals surface area contributed by atoms with Gasteiger partial charge in [0.2, 0.25) is 11.1 Å². The number of hydrogen-bond donors (Lipinski definition) is 0. The molecule has 0 N–H and O–H groups in total. The molecule has 0 atom stereocenters. The predicted molar refractivity (Wildman–Crippen MR) is 95.8 cm³/mol. The molecule has 1 heterocycles. The molecule has 0 aliphatic carbocycles. The molecule has 0 radical (unpaired) electrons. The fraction of sp³-hybridized carbons (Fsp3) is 0.105. The van der Waals surface area contributed by atoms with Gasteiger partial charge in [-0.05, 0) is 66.1 Å². The molecule has 0 unspecified atom stereocenters. The zero-order valence-corrected chi connectivity index (χ0v) is 14.4. The van der Waals surface area contributed by atoms with E-state index < -0.39 is 0 Å². The third kappa shape index (κ3) is 4.25. The highest BCUT2D eigenvalue weighted by Gasteiger charge is 2.06. The van der Waals surface area contributed by atoms with Gasteiger partial charge in [0, 0.05) is 11.1 Å². The van der Waals surface area contributed by atoms with E-state index in [1.54, 1.807) is 14.2 Å². The van der Waals surface area contributed by atoms with Crippen LogP contribution in [0.4, 0.5) is 0 Å². The van der Waals surface area contributed by atoms with Crippen LogP contribution in [0, 0.1) is 11.8 Å². The standard InChI is InChI=1S/C19H14ClN3O2/c1-24-15-8-3-13(4-9-15)5-12-17-21-18(23-19(20)22-17)14-6-10-16(25-2)11-7-14/h3-4,6-11H,1-2H3. The van der Waals surface area contributed by atoms with Crippen molar-refractivity contribution in [3.8, 4) is 34.7 Å². The van der Waals surface area contributed by atoms with Gasteiger partial charge in [0.05, 0.1) is 14.2 Å². The SMILES string of the molecule is COc1ccc(C#Cc2nc(Cl)nc(-c3ccc(OC)cc3)n2)cc1. The molecule has 6 heteroatoms. The number of rotatable bonds is 3. The lowest BCUT2D eigenvalue weighted by atomic mass is 10.2. The van der Waals surface area contributed by atoms with Crippen LogP contribution in [-0.4, -0.2) is 29.2 Å². The summed E-state index contributed by atoms with van der Waals surface area (Å²) in [5, 5.41) is 0.0971. The van der Waals surface area contributed by atoms with Crippen molar-refractivity contribution in [1.29, 1.82) is 0 Å². The van der Waals surface area contributed by atoms with Gasteiger partial charge in [-0.2, -0.15) is 9.97 Å². The van der Waals surface area contributed by atoms with Gasteiger partial charge in [0.25, 0.3) is 0 Å². The van der Waals surface area contributed by atoms with E-state index in [1.165, 1.54) is 0 Å². The van der Waals surface area contributed by atoms with Crippen LogP contribution in [0.25, 0.3) is 11.4 Å². The maximum absolute atomic E-state index is 6.01. The number of hydrogen-bond acceptors (Lipinski definition) is 5. The fourth-order valence-corrected chi connectivity index (χ4v) is 2.24. The van der Waals surface area contributed by atoms with Crippen molar-refractivity contribution in [3.05, 3.63) is 65.2 Å². The number of aromatic nitrogens is 3. The molecule has 124 valence electrons. The van der Waals surface area contributed by atoms with Crippen LogP contribution in [0.15, 0.2) is 48.5 Å². The molecule has 25 heavy (non-hydrogen) atoms. The Labute approximate surface area is 150 Å². The minimum Gasteiger partial charge on any atom is -0.497 e. The van der Waals surface area contributed by atoms with Crippen LogP contribution in [0.3, 0.4) is 0 Å². The summed E-state index contributed by atoms with van der Waals surface area (Å²) in [6, 6.07) is 14.8. The second kappa shape index (κ2) is 7.65. The Morgan fingerprint density at radius 3 is 1.96 bits per heavy atom. The van der Waals surface area contributed by atoms with E-state index in [-0.39, 0.29) is 5.28 Å². The summed E-state index contributed by atoms with van der Waals surface area (Å²) in [6.07, 6.45) is 0. The van der Waals surface area contributed by atoms with Crippen molar-refractivity contribution in [2.45, 2.75) is 0 Å². The van der Waals surface area contributed by atoms with Crippen LogP contribution in [0.2, 0.25) is 5.28 Å². The summed E-state index contributed by atoms with van der Waals surface area (Å²) in [7, 11) is 3.23. The van der Waals surface area contributed by atoms with Crippen molar-refractivity contribution in [2.75, 3.05) is 14.2 Å². The first kappa shape index (κ1) is 16.7. The van der Waals surface area contributed by atoms with Gasteiger partial charge in [-0.15, -0.1) is 0 Å². The number of halogens is 1. The van der Waals surface area contributed by atoms with Crippen molar-refractivity contribution in [2.24, 2.45) is 0 Å². The summed E-state index contributed by atoms with van der Waals surface area (Å²) in [6.45, 7) is 0. The second-order valence-electron chi connectivity index (χ2n) is 4.96. The summed E-state index contributed by atoms with van der Waals surface area (Å²) < 4.78 is 10.3. The van der Waals surface area contributed by atoms with Crippen LogP contribution < -0.4 is 9.47 Å². The van der Waals surface area contributed by atoms with E-state index >= 15 is 0 Å². The van der Waals surface area contributed by atoms with Crippen LogP contribution in [0.5, 0.6) is 11.5 Å². The molecular weight excluding hydrogens is 338 g/mol. The third-order valence-electron chi connectivity index (χ3n) is 3.36. The monoisotopic (exact) mass is 351 g/mol. The van der Waals surface area contributed by atoms with Crippen LogP contribution in [0.1, 0.15) is 11.4 Å². The van der Waals surface area contributed by atoms with Gasteiger partial charge in [0.1, 0.15) is 11.5 Å². The molecule has 0 aliphatic heterocycles. The van der Waals surface area contributed by atoms with Gasteiger partial charge in [0.15, 0.2) is 5.82 Å². The molecule has 0 bridgehead atoms. The summed E-state index contributed by atoms with van der Waals surface area (Å²) >= 11 is 6.01. The molecule has 3 aromatic rings. The minimum atomic E-state index is 0.0971. The number of nitrogens with zero attached hydrogens (tertiary/aromatic N) is 3. The van der Waals surface area contributed by atoms with Crippen molar-refractivity contribution in [3.63, 3.8) is 0 Å². The summed E-state index contributed by atoms with van der Waals surface area (Å²) in [5.74, 6) is 8.20. The average molecular weight is 352 g/mol. The molecule has 0 saturated heterocycles. The Hall–Kier alpha value is -3.10. The lowest BCUT2D eigenvalue weighted by Gasteiger charge is -2.03. The molecule has 0 aliphatic rings. The largest absolute Gasteiger partial charge is 0.497 e. The molecule has 0 spiro atoms. The van der Waals surface area contributed by atoms with Gasteiger partial charge >= 0.3 is 0 Å². The highest BCUT2D eigenvalue weighted by Crippen LogP contribution is 2.20. The summed E-state index contributed by atoms with van der Waals surface area (Å²) in [5.41, 5.74) is 1.63. The van der Waals surface area contributed by atoms with Crippen LogP contribution >= 0.6 is 11.6 Å². The van der Waals surface area contributed by atoms with Crippen molar-refractivity contribution >= 4 is 11.6 Å². The molecule has 0 saturated carbocycles. The first-order chi connectivity index (χ1) is 12.2. The summed E-state index contributed by atoms with van der Waals surface area (Å²) in [4.78, 5) is 12.6. The molecule has 3 rings (SSSR count). The molecule has 2 aromatic carbocycles. The highest BCUT2D eigenvalue weighted by molar-refractivity contribution is 6.28. The Morgan fingerprint density at radius 1 is 0.760 bits per heavy atom. The molecule has 0 fully saturated rings. The first-order valence-electron chi connectivity index (χ1n) is 7.40. The van der Waals surface area contributed by atoms with Gasteiger partial charge < -0.3 is 9.47 Å². The lowest BCUT2D eigenvalue weighted by molar-refractivity contribution is 0.414. The normalized spacial score (nSPS) is 9.88. The van der Waals surface area contributed by atoms with Gasteiger partial charge in [-0.1, -0.05) is 5.92 Å². The van der Waals surface area contributed by atoms with E-state index in [9.17, 15) is 0 Å². The highest BCUT2D eigenvalue weighted by atomic mass is 35.5. The second-order valence-corrected chi connectivity index (χ2v) is 5.30. The zero-order valence-electron chi connectivity index (χ0n) is 13.7. The quantitative estimate of drug-likeness (QED) is 0.675. The minimum absolute atomic E-state index is 0.0971. The molecular formula is C19H14ClN3O2. The maximum Gasteiger partial charge on any atom is 0.227 e. The van der Waals surface area contributed by atoms with E-state index in [4.69, 9.17) is 21.1 Å². The first-order valence-corrected chi connectivity index (χ1v) is 7.78. The topological polar surface area (TPSA) is 57.1 Å². The van der Waals surface area contributed by atoms with Crippen molar-refractivity contribution in [1.82, 2.24) is 15.0 Å². The van der Waals surface area contributed by atoms with E-state index in [2.05, 4.69) is 26.8 Å². The molecule has 5 nitrogen and oxygen atoms in total. The molecule has 0 amide bonds. The maximum atomic E-state index is 6.01. The van der Waals surface area contributed by atoms with Gasteiger partial charge in [-0.25, -0.2) is 4.98 Å². The van der Waals surface area contributed by atoms with Crippen molar-refractivity contribution < 1.29 is 9.47 Å². The fourth-order valence-electron chi connectivity index (χ4n) is 2.08. The predicted octanol–water partition coefficient (Wildman–Crippen LogP) is 3.61. The van der Waals surface area contributed by atoms with E-state index in [1.807, 2.05) is 48.5 Å². The van der Waals surface area contributed by atoms with E-state index in [0.717, 1.165) is 22.6 Å². The Morgan fingerprint density at radius 2 is 1.36 bits per heavy atom. The number of benzene rings is 2. The third-order valence-corrected chi connectivity index (χ3v) is 3.53. The Kier molecular flexibility index (Phi) is 5.12. The molecule has 1 aromatic heterocycles. The zero-order chi connectivity index (χ0) is 17.6. The number of methoxy groups -OCH3 is 2. The smallest absolute Gasteiger partial charge is 0.227 e. The lowest BCUT2D eigenvalue weighted by Crippen LogP contribution is -1.97. The van der Waals surface area contributed by atoms with Gasteiger partial charge in [-0.3, -0.25) is 0 Å².